The molecule has 1 fully saturated rings. The molecule has 10 nitrogen and oxygen atoms in total. The normalized spacial score (nSPS) is 15.2. The predicted molar refractivity (Wildman–Crippen MR) is 145 cm³/mol. The fraction of sp³-hybridized carbons (Fsp3) is 0.560. The Morgan fingerprint density at radius 1 is 1.22 bits per heavy atom. The molecule has 2 aromatic rings. The Balaban J connectivity index is 0.00000235. The lowest BCUT2D eigenvalue weighted by atomic mass is 10.2. The molecular weight excluding hydrogens is 517 g/mol. The monoisotopic (exact) mass is 555 g/mol. The number of nitrogens with zero attached hydrogens (tertiary/aromatic N) is 2. The van der Waals surface area contributed by atoms with Crippen LogP contribution in [0.4, 0.5) is 5.13 Å². The van der Waals surface area contributed by atoms with Crippen molar-refractivity contribution in [2.45, 2.75) is 66.3 Å². The highest BCUT2D eigenvalue weighted by Crippen LogP contribution is 2.51. The summed E-state index contributed by atoms with van der Waals surface area (Å²) >= 11 is 1.22. The zero-order chi connectivity index (χ0) is 27.4. The summed E-state index contributed by atoms with van der Waals surface area (Å²) in [5, 5.41) is 4.85. The average Bonchev–Trinajstić information content (AvgIpc) is 3.49. The van der Waals surface area contributed by atoms with E-state index in [0.717, 1.165) is 6.41 Å². The number of hydrogen-bond donors (Lipinski definition) is 1. The molecule has 1 aromatic heterocycles. The summed E-state index contributed by atoms with van der Waals surface area (Å²) in [6, 6.07) is 5.02. The topological polar surface area (TPSA) is 116 Å². The largest absolute Gasteiger partial charge is 0.491 e. The molecule has 37 heavy (non-hydrogen) atoms. The van der Waals surface area contributed by atoms with Gasteiger partial charge in [-0.05, 0) is 39.8 Å². The van der Waals surface area contributed by atoms with Crippen molar-refractivity contribution in [3.8, 4) is 11.5 Å². The molecule has 1 saturated heterocycles. The molecule has 0 bridgehead atoms. The molecule has 2 amide bonds. The van der Waals surface area contributed by atoms with E-state index >= 15 is 0 Å². The number of hydrogen-bond acceptors (Lipinski definition) is 9. The van der Waals surface area contributed by atoms with E-state index in [0.29, 0.717) is 47.4 Å². The van der Waals surface area contributed by atoms with Crippen molar-refractivity contribution >= 4 is 36.4 Å². The highest BCUT2D eigenvalue weighted by Gasteiger charge is 2.26. The zero-order valence-electron chi connectivity index (χ0n) is 22.4. The molecule has 0 aliphatic carbocycles. The van der Waals surface area contributed by atoms with Crippen molar-refractivity contribution in [1.29, 1.82) is 0 Å². The summed E-state index contributed by atoms with van der Waals surface area (Å²) in [4.78, 5) is 30.1. The minimum Gasteiger partial charge on any atom is -0.491 e. The fourth-order valence-corrected chi connectivity index (χ4v) is 6.01. The molecule has 206 valence electrons. The van der Waals surface area contributed by atoms with Gasteiger partial charge in [0.05, 0.1) is 37.7 Å². The van der Waals surface area contributed by atoms with Crippen LogP contribution in [0.2, 0.25) is 0 Å². The Morgan fingerprint density at radius 3 is 2.49 bits per heavy atom. The fourth-order valence-electron chi connectivity index (χ4n) is 3.58. The van der Waals surface area contributed by atoms with Gasteiger partial charge in [-0.15, -0.1) is 11.3 Å². The van der Waals surface area contributed by atoms with E-state index in [9.17, 15) is 14.2 Å². The quantitative estimate of drug-likeness (QED) is 0.251. The van der Waals surface area contributed by atoms with Crippen LogP contribution in [0.25, 0.3) is 0 Å². The van der Waals surface area contributed by atoms with Crippen LogP contribution in [0.3, 0.4) is 0 Å². The van der Waals surface area contributed by atoms with Crippen molar-refractivity contribution in [2.75, 3.05) is 31.6 Å². The summed E-state index contributed by atoms with van der Waals surface area (Å²) in [5.74, 6) is 0.603. The number of ether oxygens (including phenoxy) is 2. The summed E-state index contributed by atoms with van der Waals surface area (Å²) in [6.07, 6.45) is 1.30. The van der Waals surface area contributed by atoms with Crippen molar-refractivity contribution in [2.24, 2.45) is 0 Å². The summed E-state index contributed by atoms with van der Waals surface area (Å²) in [7, 11) is -3.30. The Kier molecular flexibility index (Phi) is 12.5. The first-order chi connectivity index (χ1) is 17.7. The van der Waals surface area contributed by atoms with Crippen molar-refractivity contribution in [3.05, 3.63) is 34.8 Å². The van der Waals surface area contributed by atoms with Gasteiger partial charge in [0.25, 0.3) is 5.91 Å². The molecule has 0 spiro atoms. The molecule has 0 radical (unpaired) electrons. The van der Waals surface area contributed by atoms with Gasteiger partial charge in [-0.2, -0.15) is 0 Å². The van der Waals surface area contributed by atoms with Crippen LogP contribution in [0.1, 0.15) is 64.0 Å². The minimum absolute atomic E-state index is 0.0238. The number of likely N-dealkylation sites (tertiary alicyclic amines) is 1. The number of thiazole rings is 1. The average molecular weight is 556 g/mol. The molecular formula is C25H38N3O7PS. The smallest absolute Gasteiger partial charge is 0.336 e. The van der Waals surface area contributed by atoms with E-state index in [-0.39, 0.29) is 37.5 Å². The molecule has 12 heteroatoms. The van der Waals surface area contributed by atoms with Gasteiger partial charge in [-0.25, -0.2) is 4.98 Å². The molecule has 1 aliphatic heterocycles. The van der Waals surface area contributed by atoms with E-state index in [1.807, 2.05) is 27.7 Å². The number of amides is 2. The number of rotatable bonds is 13. The maximum absolute atomic E-state index is 13.0. The lowest BCUT2D eigenvalue weighted by molar-refractivity contribution is -0.117. The van der Waals surface area contributed by atoms with Gasteiger partial charge in [-0.3, -0.25) is 19.5 Å². The van der Waals surface area contributed by atoms with Gasteiger partial charge in [0.15, 0.2) is 5.13 Å². The highest BCUT2D eigenvalue weighted by molar-refractivity contribution is 7.53. The SMILES string of the molecule is CC.CCOP(=O)(Cc1csc(NC(=O)c2cc(OC(C)C)cc(O[C@@H]3CCN(C=O)C3)c2)n1)OCC. The van der Waals surface area contributed by atoms with Gasteiger partial charge in [0.2, 0.25) is 6.41 Å². The number of aromatic nitrogens is 1. The molecule has 1 aliphatic rings. The Bertz CT molecular complexity index is 1050. The number of anilines is 1. The van der Waals surface area contributed by atoms with Crippen LogP contribution in [0.15, 0.2) is 23.6 Å². The van der Waals surface area contributed by atoms with E-state index in [1.165, 1.54) is 11.3 Å². The van der Waals surface area contributed by atoms with Crippen LogP contribution >= 0.6 is 18.9 Å². The standard InChI is InChI=1S/C23H32N3O7PS.C2H6/c1-5-30-34(29,31-6-2)13-18-14-35-23(24-18)25-22(28)17-9-20(32-16(3)4)11-21(10-17)33-19-7-8-26(12-19)15-27;1-2/h9-11,14-16,19H,5-8,12-13H2,1-4H3,(H,24,25,28);1-2H3/t19-;/m1./s1. The van der Waals surface area contributed by atoms with E-state index in [4.69, 9.17) is 18.5 Å². The third-order valence-electron chi connectivity index (χ3n) is 4.92. The first-order valence-electron chi connectivity index (χ1n) is 12.5. The van der Waals surface area contributed by atoms with Gasteiger partial charge >= 0.3 is 7.60 Å². The molecule has 3 rings (SSSR count). The van der Waals surface area contributed by atoms with Crippen LogP contribution < -0.4 is 14.8 Å². The molecule has 0 saturated carbocycles. The first kappa shape index (κ1) is 30.8. The first-order valence-corrected chi connectivity index (χ1v) is 15.2. The maximum Gasteiger partial charge on any atom is 0.336 e. The maximum atomic E-state index is 13.0. The molecule has 1 N–H and O–H groups in total. The molecule has 2 heterocycles. The summed E-state index contributed by atoms with van der Waals surface area (Å²) in [5.41, 5.74) is 0.854. The van der Waals surface area contributed by atoms with Crippen molar-refractivity contribution in [3.63, 3.8) is 0 Å². The lowest BCUT2D eigenvalue weighted by Gasteiger charge is -2.17. The Hall–Kier alpha value is -2.46. The number of carbonyl (C=O) groups excluding carboxylic acids is 2. The van der Waals surface area contributed by atoms with Crippen molar-refractivity contribution in [1.82, 2.24) is 9.88 Å². The van der Waals surface area contributed by atoms with Gasteiger partial charge in [0, 0.05) is 30.0 Å². The van der Waals surface area contributed by atoms with E-state index < -0.39 is 7.60 Å². The third-order valence-corrected chi connectivity index (χ3v) is 7.74. The summed E-state index contributed by atoms with van der Waals surface area (Å²) in [6.45, 7) is 12.9. The number of benzene rings is 1. The van der Waals surface area contributed by atoms with Gasteiger partial charge < -0.3 is 23.4 Å². The highest BCUT2D eigenvalue weighted by atomic mass is 32.1. The summed E-state index contributed by atoms with van der Waals surface area (Å²) < 4.78 is 35.3. The zero-order valence-corrected chi connectivity index (χ0v) is 24.1. The van der Waals surface area contributed by atoms with Crippen LogP contribution in [-0.4, -0.2) is 60.7 Å². The second-order valence-electron chi connectivity index (χ2n) is 8.19. The lowest BCUT2D eigenvalue weighted by Crippen LogP contribution is -2.23. The number of carbonyl (C=O) groups is 2. The molecule has 0 unspecified atom stereocenters. The van der Waals surface area contributed by atoms with Crippen LogP contribution in [0.5, 0.6) is 11.5 Å². The van der Waals surface area contributed by atoms with E-state index in [2.05, 4.69) is 10.3 Å². The van der Waals surface area contributed by atoms with Gasteiger partial charge in [-0.1, -0.05) is 13.8 Å². The Labute approximate surface area is 223 Å². The van der Waals surface area contributed by atoms with Gasteiger partial charge in [0.1, 0.15) is 17.6 Å². The third kappa shape index (κ3) is 9.74. The second-order valence-corrected chi connectivity index (χ2v) is 11.1. The predicted octanol–water partition coefficient (Wildman–Crippen LogP) is 5.58. The van der Waals surface area contributed by atoms with E-state index in [1.54, 1.807) is 42.3 Å². The van der Waals surface area contributed by atoms with Crippen LogP contribution in [0, 0.1) is 0 Å². The molecule has 1 atom stereocenters. The number of nitrogens with one attached hydrogen (secondary N) is 1. The second kappa shape index (κ2) is 15.1. The van der Waals surface area contributed by atoms with Crippen molar-refractivity contribution < 1.29 is 32.7 Å². The minimum atomic E-state index is -3.30. The Morgan fingerprint density at radius 2 is 1.89 bits per heavy atom. The molecule has 1 aromatic carbocycles. The van der Waals surface area contributed by atoms with Crippen LogP contribution in [-0.2, 0) is 24.6 Å².